The van der Waals surface area contributed by atoms with Crippen LogP contribution in [0.25, 0.3) is 21.5 Å². The SMILES string of the molecule is CCCCN[C@@H]1c2c(c3cc(OC)c(OC)cc3c3cc(OC)c(OC)cc23)CN2CCC[C@H]12. The van der Waals surface area contributed by atoms with Gasteiger partial charge in [0.2, 0.25) is 0 Å². The van der Waals surface area contributed by atoms with Crippen molar-refractivity contribution in [2.75, 3.05) is 41.5 Å². The van der Waals surface area contributed by atoms with Gasteiger partial charge in [-0.25, -0.2) is 0 Å². The Morgan fingerprint density at radius 3 is 1.97 bits per heavy atom. The third-order valence-electron chi connectivity index (χ3n) is 7.64. The molecule has 0 aromatic heterocycles. The first-order chi connectivity index (χ1) is 16.6. The highest BCUT2D eigenvalue weighted by atomic mass is 16.5. The van der Waals surface area contributed by atoms with E-state index < -0.39 is 0 Å². The standard InChI is InChI=1S/C28H36N2O4/c1-6-7-10-29-28-22-9-8-11-30(22)16-21-19-14-25(33-4)23(31-2)12-17(19)18-13-24(32-3)26(34-5)15-20(18)27(21)28/h12-15,22,28-29H,6-11,16H2,1-5H3/t22-,28+/m1/s1. The second-order valence-corrected chi connectivity index (χ2v) is 9.36. The first-order valence-corrected chi connectivity index (χ1v) is 12.4. The Bertz CT molecular complexity index is 1210. The van der Waals surface area contributed by atoms with Crippen LogP contribution in [0.2, 0.25) is 0 Å². The third-order valence-corrected chi connectivity index (χ3v) is 7.64. The van der Waals surface area contributed by atoms with Gasteiger partial charge < -0.3 is 24.3 Å². The van der Waals surface area contributed by atoms with Crippen LogP contribution in [0.5, 0.6) is 23.0 Å². The molecule has 0 amide bonds. The molecule has 1 fully saturated rings. The summed E-state index contributed by atoms with van der Waals surface area (Å²) in [7, 11) is 6.80. The zero-order chi connectivity index (χ0) is 23.8. The van der Waals surface area contributed by atoms with Crippen LogP contribution >= 0.6 is 0 Å². The molecular weight excluding hydrogens is 428 g/mol. The van der Waals surface area contributed by atoms with Crippen molar-refractivity contribution < 1.29 is 18.9 Å². The van der Waals surface area contributed by atoms with E-state index in [0.29, 0.717) is 6.04 Å². The van der Waals surface area contributed by atoms with Gasteiger partial charge in [-0.15, -0.1) is 0 Å². The molecule has 182 valence electrons. The van der Waals surface area contributed by atoms with Crippen LogP contribution in [0.4, 0.5) is 0 Å². The zero-order valence-electron chi connectivity index (χ0n) is 21.0. The minimum absolute atomic E-state index is 0.274. The fraction of sp³-hybridized carbons (Fsp3) is 0.500. The van der Waals surface area contributed by atoms with Crippen molar-refractivity contribution in [2.24, 2.45) is 0 Å². The number of hydrogen-bond donors (Lipinski definition) is 1. The number of methoxy groups -OCH3 is 4. The van der Waals surface area contributed by atoms with Crippen molar-refractivity contribution in [3.63, 3.8) is 0 Å². The predicted molar refractivity (Wildman–Crippen MR) is 137 cm³/mol. The van der Waals surface area contributed by atoms with Gasteiger partial charge in [-0.3, -0.25) is 4.90 Å². The summed E-state index contributed by atoms with van der Waals surface area (Å²) in [5, 5.41) is 8.71. The number of fused-ring (bicyclic) bond motifs is 7. The summed E-state index contributed by atoms with van der Waals surface area (Å²) >= 11 is 0. The Kier molecular flexibility index (Phi) is 6.45. The van der Waals surface area contributed by atoms with Crippen LogP contribution in [-0.2, 0) is 6.54 Å². The molecule has 0 radical (unpaired) electrons. The lowest BCUT2D eigenvalue weighted by Crippen LogP contribution is -2.45. The summed E-state index contributed by atoms with van der Waals surface area (Å²) in [6.07, 6.45) is 4.82. The number of benzene rings is 3. The van der Waals surface area contributed by atoms with Gasteiger partial charge in [0.15, 0.2) is 23.0 Å². The van der Waals surface area contributed by atoms with Crippen molar-refractivity contribution in [3.05, 3.63) is 35.4 Å². The molecule has 3 aromatic carbocycles. The predicted octanol–water partition coefficient (Wildman–Crippen LogP) is 5.44. The van der Waals surface area contributed by atoms with Gasteiger partial charge in [0.05, 0.1) is 28.4 Å². The minimum Gasteiger partial charge on any atom is -0.493 e. The Balaban J connectivity index is 1.87. The number of hydrogen-bond acceptors (Lipinski definition) is 6. The molecule has 34 heavy (non-hydrogen) atoms. The maximum atomic E-state index is 5.75. The van der Waals surface area contributed by atoms with Crippen molar-refractivity contribution in [3.8, 4) is 23.0 Å². The van der Waals surface area contributed by atoms with Crippen molar-refractivity contribution in [2.45, 2.75) is 51.2 Å². The van der Waals surface area contributed by atoms with Gasteiger partial charge in [-0.2, -0.15) is 0 Å². The molecule has 0 unspecified atom stereocenters. The second kappa shape index (κ2) is 9.51. The molecule has 0 spiro atoms. The zero-order valence-corrected chi connectivity index (χ0v) is 21.0. The van der Waals surface area contributed by atoms with Gasteiger partial charge in [-0.05, 0) is 89.3 Å². The van der Waals surface area contributed by atoms with E-state index in [0.717, 1.165) is 53.4 Å². The Morgan fingerprint density at radius 1 is 0.824 bits per heavy atom. The van der Waals surface area contributed by atoms with Gasteiger partial charge >= 0.3 is 0 Å². The van der Waals surface area contributed by atoms with Crippen LogP contribution in [0, 0.1) is 0 Å². The number of unbranched alkanes of at least 4 members (excludes halogenated alkanes) is 1. The molecule has 5 rings (SSSR count). The number of rotatable bonds is 8. The van der Waals surface area contributed by atoms with Gasteiger partial charge in [0, 0.05) is 18.6 Å². The van der Waals surface area contributed by atoms with Crippen LogP contribution in [0.15, 0.2) is 24.3 Å². The monoisotopic (exact) mass is 464 g/mol. The average molecular weight is 465 g/mol. The lowest BCUT2D eigenvalue weighted by Gasteiger charge is -2.40. The van der Waals surface area contributed by atoms with Gasteiger partial charge in [0.1, 0.15) is 0 Å². The van der Waals surface area contributed by atoms with E-state index in [4.69, 9.17) is 18.9 Å². The van der Waals surface area contributed by atoms with E-state index in [1.54, 1.807) is 28.4 Å². The van der Waals surface area contributed by atoms with Crippen molar-refractivity contribution >= 4 is 21.5 Å². The maximum absolute atomic E-state index is 5.75. The average Bonchev–Trinajstić information content (AvgIpc) is 3.35. The lowest BCUT2D eigenvalue weighted by molar-refractivity contribution is 0.180. The molecule has 3 aromatic rings. The molecule has 1 saturated heterocycles. The summed E-state index contributed by atoms with van der Waals surface area (Å²) in [5.41, 5.74) is 2.78. The molecule has 0 saturated carbocycles. The lowest BCUT2D eigenvalue weighted by atomic mass is 9.81. The Hall–Kier alpha value is -2.70. The quantitative estimate of drug-likeness (QED) is 0.354. The van der Waals surface area contributed by atoms with Gasteiger partial charge in [-0.1, -0.05) is 13.3 Å². The maximum Gasteiger partial charge on any atom is 0.161 e. The smallest absolute Gasteiger partial charge is 0.161 e. The van der Waals surface area contributed by atoms with E-state index in [1.807, 2.05) is 0 Å². The molecule has 2 aliphatic heterocycles. The number of nitrogens with zero attached hydrogens (tertiary/aromatic N) is 1. The molecule has 1 N–H and O–H groups in total. The highest BCUT2D eigenvalue weighted by molar-refractivity contribution is 6.13. The summed E-state index contributed by atoms with van der Waals surface area (Å²) in [4.78, 5) is 2.66. The minimum atomic E-state index is 0.274. The van der Waals surface area contributed by atoms with E-state index in [9.17, 15) is 0 Å². The third kappa shape index (κ3) is 3.64. The number of ether oxygens (including phenoxy) is 4. The molecule has 6 heteroatoms. The molecule has 2 atom stereocenters. The number of nitrogens with one attached hydrogen (secondary N) is 1. The van der Waals surface area contributed by atoms with E-state index in [2.05, 4.69) is 41.4 Å². The Labute approximate surface area is 202 Å². The van der Waals surface area contributed by atoms with Gasteiger partial charge in [0.25, 0.3) is 0 Å². The van der Waals surface area contributed by atoms with Crippen LogP contribution in [0.1, 0.15) is 49.8 Å². The molecular formula is C28H36N2O4. The highest BCUT2D eigenvalue weighted by Gasteiger charge is 2.39. The summed E-state index contributed by atoms with van der Waals surface area (Å²) < 4.78 is 22.9. The molecule has 6 nitrogen and oxygen atoms in total. The Morgan fingerprint density at radius 2 is 1.38 bits per heavy atom. The van der Waals surface area contributed by atoms with Crippen LogP contribution in [-0.4, -0.2) is 52.5 Å². The topological polar surface area (TPSA) is 52.2 Å². The van der Waals surface area contributed by atoms with E-state index in [-0.39, 0.29) is 6.04 Å². The summed E-state index contributed by atoms with van der Waals surface area (Å²) in [5.74, 6) is 2.99. The molecule has 0 aliphatic carbocycles. The van der Waals surface area contributed by atoms with E-state index in [1.165, 1.54) is 47.6 Å². The molecule has 2 heterocycles. The highest BCUT2D eigenvalue weighted by Crippen LogP contribution is 2.49. The van der Waals surface area contributed by atoms with Crippen LogP contribution < -0.4 is 24.3 Å². The van der Waals surface area contributed by atoms with E-state index >= 15 is 0 Å². The fourth-order valence-corrected chi connectivity index (χ4v) is 6.00. The van der Waals surface area contributed by atoms with Crippen molar-refractivity contribution in [1.29, 1.82) is 0 Å². The normalized spacial score (nSPS) is 19.8. The largest absolute Gasteiger partial charge is 0.493 e. The second-order valence-electron chi connectivity index (χ2n) is 9.36. The summed E-state index contributed by atoms with van der Waals surface area (Å²) in [6.45, 7) is 5.36. The first kappa shape index (κ1) is 23.1. The molecule has 2 aliphatic rings. The fourth-order valence-electron chi connectivity index (χ4n) is 6.00. The first-order valence-electron chi connectivity index (χ1n) is 12.4. The molecule has 0 bridgehead atoms. The summed E-state index contributed by atoms with van der Waals surface area (Å²) in [6, 6.07) is 9.34. The van der Waals surface area contributed by atoms with Crippen molar-refractivity contribution in [1.82, 2.24) is 10.2 Å². The van der Waals surface area contributed by atoms with Crippen LogP contribution in [0.3, 0.4) is 0 Å².